The lowest BCUT2D eigenvalue weighted by Gasteiger charge is -2.11. The minimum atomic E-state index is -0.178. The minimum Gasteiger partial charge on any atom is -0.379 e. The molecule has 0 aliphatic heterocycles. The van der Waals surface area contributed by atoms with Crippen LogP contribution in [0, 0.1) is 13.8 Å². The van der Waals surface area contributed by atoms with Gasteiger partial charge in [-0.05, 0) is 53.5 Å². The summed E-state index contributed by atoms with van der Waals surface area (Å²) in [5, 5.41) is 10.4. The lowest BCUT2D eigenvalue weighted by atomic mass is 10.1. The van der Waals surface area contributed by atoms with Crippen molar-refractivity contribution < 1.29 is 9.42 Å². The molecule has 8 heteroatoms. The van der Waals surface area contributed by atoms with E-state index in [9.17, 15) is 4.79 Å². The van der Waals surface area contributed by atoms with E-state index in [4.69, 9.17) is 10.4 Å². The predicted octanol–water partition coefficient (Wildman–Crippen LogP) is 2.92. The first-order valence-electron chi connectivity index (χ1n) is 8.43. The Morgan fingerprint density at radius 1 is 1.19 bits per heavy atom. The van der Waals surface area contributed by atoms with Gasteiger partial charge in [-0.25, -0.2) is 9.61 Å². The molecule has 2 heterocycles. The molecular weight excluding hydrogens is 344 g/mol. The standard InChI is InChI=1S/C19H18N6O2/c1-11-7-8-12(2)14(9-11)21-16(26)10-25-15-6-4-3-5-13(15)22-19(25)17-18(20)24-27-23-17/h3-9H,10H2,1-2H3,(H2,20,24)(H,21,26). The number of hydrogen-bond acceptors (Lipinski definition) is 6. The predicted molar refractivity (Wildman–Crippen MR) is 102 cm³/mol. The second-order valence-electron chi connectivity index (χ2n) is 6.37. The number of imidazole rings is 1. The molecule has 0 spiro atoms. The second kappa shape index (κ2) is 6.56. The summed E-state index contributed by atoms with van der Waals surface area (Å²) in [5.41, 5.74) is 10.5. The maximum atomic E-state index is 12.7. The molecule has 0 fully saturated rings. The van der Waals surface area contributed by atoms with E-state index in [1.54, 1.807) is 4.57 Å². The van der Waals surface area contributed by atoms with Crippen LogP contribution in [0.3, 0.4) is 0 Å². The number of benzene rings is 2. The number of amides is 1. The summed E-state index contributed by atoms with van der Waals surface area (Å²) in [6, 6.07) is 13.4. The molecule has 0 atom stereocenters. The zero-order chi connectivity index (χ0) is 19.0. The van der Waals surface area contributed by atoms with Crippen molar-refractivity contribution >= 4 is 28.4 Å². The Bertz CT molecular complexity index is 1140. The maximum absolute atomic E-state index is 12.7. The fourth-order valence-corrected chi connectivity index (χ4v) is 2.97. The molecule has 2 aromatic carbocycles. The first kappa shape index (κ1) is 16.8. The van der Waals surface area contributed by atoms with Gasteiger partial charge in [0.05, 0.1) is 11.0 Å². The highest BCUT2D eigenvalue weighted by Gasteiger charge is 2.20. The Morgan fingerprint density at radius 2 is 2.00 bits per heavy atom. The van der Waals surface area contributed by atoms with E-state index >= 15 is 0 Å². The number of nitrogens with two attached hydrogens (primary N) is 1. The zero-order valence-corrected chi connectivity index (χ0v) is 14.9. The number of carbonyl (C=O) groups excluding carboxylic acids is 1. The first-order chi connectivity index (χ1) is 13.0. The molecule has 8 nitrogen and oxygen atoms in total. The number of hydrogen-bond donors (Lipinski definition) is 2. The molecule has 4 aromatic rings. The largest absolute Gasteiger partial charge is 0.379 e. The topological polar surface area (TPSA) is 112 Å². The number of carbonyl (C=O) groups is 1. The van der Waals surface area contributed by atoms with Gasteiger partial charge in [-0.2, -0.15) is 0 Å². The van der Waals surface area contributed by atoms with Crippen LogP contribution in [0.25, 0.3) is 22.6 Å². The smallest absolute Gasteiger partial charge is 0.244 e. The van der Waals surface area contributed by atoms with E-state index in [0.717, 1.165) is 27.8 Å². The van der Waals surface area contributed by atoms with E-state index in [-0.39, 0.29) is 18.3 Å². The number of nitrogens with one attached hydrogen (secondary N) is 1. The molecule has 3 N–H and O–H groups in total. The molecule has 0 bridgehead atoms. The van der Waals surface area contributed by atoms with Gasteiger partial charge >= 0.3 is 0 Å². The van der Waals surface area contributed by atoms with Crippen molar-refractivity contribution in [2.45, 2.75) is 20.4 Å². The Kier molecular flexibility index (Phi) is 4.08. The summed E-state index contributed by atoms with van der Waals surface area (Å²) >= 11 is 0. The molecule has 0 saturated heterocycles. The number of fused-ring (bicyclic) bond motifs is 1. The molecule has 0 aliphatic carbocycles. The van der Waals surface area contributed by atoms with Gasteiger partial charge < -0.3 is 15.6 Å². The van der Waals surface area contributed by atoms with Crippen LogP contribution in [0.4, 0.5) is 11.5 Å². The van der Waals surface area contributed by atoms with E-state index in [1.165, 1.54) is 0 Å². The molecule has 0 aliphatic rings. The van der Waals surface area contributed by atoms with Gasteiger partial charge in [0, 0.05) is 5.69 Å². The van der Waals surface area contributed by atoms with E-state index in [1.807, 2.05) is 56.3 Å². The molecule has 0 unspecified atom stereocenters. The van der Waals surface area contributed by atoms with Gasteiger partial charge in [0.25, 0.3) is 0 Å². The molecule has 0 radical (unpaired) electrons. The van der Waals surface area contributed by atoms with Gasteiger partial charge in [-0.1, -0.05) is 24.3 Å². The Morgan fingerprint density at radius 3 is 2.78 bits per heavy atom. The van der Waals surface area contributed by atoms with Crippen LogP contribution >= 0.6 is 0 Å². The fourth-order valence-electron chi connectivity index (χ4n) is 2.97. The molecule has 4 rings (SSSR count). The SMILES string of the molecule is Cc1ccc(C)c(NC(=O)Cn2c(-c3nonc3N)nc3ccccc32)c1. The monoisotopic (exact) mass is 362 g/mol. The third-order valence-corrected chi connectivity index (χ3v) is 4.35. The highest BCUT2D eigenvalue weighted by molar-refractivity contribution is 5.93. The number of anilines is 2. The summed E-state index contributed by atoms with van der Waals surface area (Å²) in [7, 11) is 0. The van der Waals surface area contributed by atoms with Gasteiger partial charge in [0.15, 0.2) is 17.3 Å². The van der Waals surface area contributed by atoms with Crippen molar-refractivity contribution in [2.24, 2.45) is 0 Å². The lowest BCUT2D eigenvalue weighted by molar-refractivity contribution is -0.116. The highest BCUT2D eigenvalue weighted by atomic mass is 16.6. The molecule has 27 heavy (non-hydrogen) atoms. The van der Waals surface area contributed by atoms with Gasteiger partial charge in [-0.15, -0.1) is 0 Å². The Labute approximate surface area is 155 Å². The molecule has 2 aromatic heterocycles. The molecule has 136 valence electrons. The number of aryl methyl sites for hydroxylation is 2. The van der Waals surface area contributed by atoms with Crippen molar-refractivity contribution in [2.75, 3.05) is 11.1 Å². The minimum absolute atomic E-state index is 0.0511. The number of nitrogen functional groups attached to an aromatic ring is 1. The number of para-hydroxylation sites is 2. The van der Waals surface area contributed by atoms with Crippen LogP contribution in [0.15, 0.2) is 47.1 Å². The van der Waals surface area contributed by atoms with E-state index in [0.29, 0.717) is 11.5 Å². The summed E-state index contributed by atoms with van der Waals surface area (Å²) in [6.07, 6.45) is 0. The van der Waals surface area contributed by atoms with E-state index in [2.05, 4.69) is 20.6 Å². The summed E-state index contributed by atoms with van der Waals surface area (Å²) in [4.78, 5) is 17.3. The lowest BCUT2D eigenvalue weighted by Crippen LogP contribution is -2.20. The van der Waals surface area contributed by atoms with E-state index < -0.39 is 0 Å². The van der Waals surface area contributed by atoms with Gasteiger partial charge in [-0.3, -0.25) is 4.79 Å². The summed E-state index contributed by atoms with van der Waals surface area (Å²) in [5.74, 6) is 0.385. The van der Waals surface area contributed by atoms with Gasteiger partial charge in [0.2, 0.25) is 5.91 Å². The maximum Gasteiger partial charge on any atom is 0.244 e. The quantitative estimate of drug-likeness (QED) is 0.577. The zero-order valence-electron chi connectivity index (χ0n) is 14.9. The number of rotatable bonds is 4. The third kappa shape index (κ3) is 3.12. The van der Waals surface area contributed by atoms with Crippen LogP contribution in [0.1, 0.15) is 11.1 Å². The Balaban J connectivity index is 1.72. The normalized spacial score (nSPS) is 11.0. The van der Waals surface area contributed by atoms with Crippen LogP contribution in [0.2, 0.25) is 0 Å². The summed E-state index contributed by atoms with van der Waals surface area (Å²) in [6.45, 7) is 3.99. The van der Waals surface area contributed by atoms with Crippen molar-refractivity contribution in [3.8, 4) is 11.5 Å². The summed E-state index contributed by atoms with van der Waals surface area (Å²) < 4.78 is 6.46. The van der Waals surface area contributed by atoms with Crippen LogP contribution in [0.5, 0.6) is 0 Å². The second-order valence-corrected chi connectivity index (χ2v) is 6.37. The number of aromatic nitrogens is 4. The fraction of sp³-hybridized carbons (Fsp3) is 0.158. The molecule has 1 amide bonds. The molecular formula is C19H18N6O2. The Hall–Kier alpha value is -3.68. The first-order valence-corrected chi connectivity index (χ1v) is 8.43. The van der Waals surface area contributed by atoms with Crippen LogP contribution in [-0.4, -0.2) is 25.8 Å². The number of nitrogens with zero attached hydrogens (tertiary/aromatic N) is 4. The van der Waals surface area contributed by atoms with Crippen molar-refractivity contribution in [1.82, 2.24) is 19.9 Å². The highest BCUT2D eigenvalue weighted by Crippen LogP contribution is 2.26. The van der Waals surface area contributed by atoms with Crippen molar-refractivity contribution in [1.29, 1.82) is 0 Å². The van der Waals surface area contributed by atoms with Crippen LogP contribution < -0.4 is 11.1 Å². The van der Waals surface area contributed by atoms with Crippen LogP contribution in [-0.2, 0) is 11.3 Å². The molecule has 0 saturated carbocycles. The van der Waals surface area contributed by atoms with Crippen molar-refractivity contribution in [3.63, 3.8) is 0 Å². The third-order valence-electron chi connectivity index (χ3n) is 4.35. The average Bonchev–Trinajstić information content (AvgIpc) is 3.22. The average molecular weight is 362 g/mol. The van der Waals surface area contributed by atoms with Crippen molar-refractivity contribution in [3.05, 3.63) is 53.6 Å². The van der Waals surface area contributed by atoms with Gasteiger partial charge in [0.1, 0.15) is 6.54 Å².